The molecule has 0 nitrogen and oxygen atoms in total. The minimum atomic E-state index is 1.07. The topological polar surface area (TPSA) is 0 Å². The van der Waals surface area contributed by atoms with Crippen LogP contribution in [0.4, 0.5) is 0 Å². The molecule has 0 spiro atoms. The molecule has 0 aliphatic carbocycles. The Morgan fingerprint density at radius 1 is 1.83 bits per heavy atom. The molecular formula is C6H9. The maximum atomic E-state index is 3.39. The largest absolute Gasteiger partial charge is 0.0912 e. The third-order valence-corrected chi connectivity index (χ3v) is 0.471. The van der Waals surface area contributed by atoms with E-state index in [1.165, 1.54) is 0 Å². The summed E-state index contributed by atoms with van der Waals surface area (Å²) in [5.41, 5.74) is 0. The molecular weight excluding hydrogens is 72.1 g/mol. The average Bonchev–Trinajstić information content (AvgIpc) is 1.61. The highest BCUT2D eigenvalue weighted by Gasteiger charge is 1.55. The Balaban J connectivity index is 2.94. The van der Waals surface area contributed by atoms with Crippen molar-refractivity contribution in [2.24, 2.45) is 0 Å². The van der Waals surface area contributed by atoms with Crippen molar-refractivity contribution >= 4 is 0 Å². The molecule has 0 fully saturated rings. The van der Waals surface area contributed by atoms with Crippen molar-refractivity contribution in [1.29, 1.82) is 0 Å². The van der Waals surface area contributed by atoms with Gasteiger partial charge < -0.3 is 0 Å². The Kier molecular flexibility index (Phi) is 4.09. The first kappa shape index (κ1) is 5.48. The van der Waals surface area contributed by atoms with E-state index < -0.39 is 0 Å². The smallest absolute Gasteiger partial charge is 0.0265 e. The number of allylic oxidation sites excluding steroid dienone is 3. The van der Waals surface area contributed by atoms with Crippen LogP contribution in [0.1, 0.15) is 13.3 Å². The Labute approximate surface area is 39.2 Å². The van der Waals surface area contributed by atoms with Crippen molar-refractivity contribution in [2.45, 2.75) is 13.3 Å². The van der Waals surface area contributed by atoms with Crippen LogP contribution in [-0.2, 0) is 0 Å². The summed E-state index contributed by atoms with van der Waals surface area (Å²) in [6.45, 7) is 5.46. The van der Waals surface area contributed by atoms with Crippen LogP contribution >= 0.6 is 0 Å². The predicted octanol–water partition coefficient (Wildman–Crippen LogP) is 1.94. The van der Waals surface area contributed by atoms with Crippen molar-refractivity contribution < 1.29 is 0 Å². The van der Waals surface area contributed by atoms with E-state index in [0.717, 1.165) is 6.42 Å². The van der Waals surface area contributed by atoms with Crippen LogP contribution in [0, 0.1) is 6.08 Å². The maximum Gasteiger partial charge on any atom is -0.0265 e. The fraction of sp³-hybridized carbons (Fsp3) is 0.333. The molecule has 0 aromatic carbocycles. The molecule has 0 saturated carbocycles. The lowest BCUT2D eigenvalue weighted by molar-refractivity contribution is 1.22. The third-order valence-electron chi connectivity index (χ3n) is 0.471. The Morgan fingerprint density at radius 3 is 2.67 bits per heavy atom. The predicted molar refractivity (Wildman–Crippen MR) is 28.3 cm³/mol. The number of hydrogen-bond donors (Lipinski definition) is 0. The summed E-state index contributed by atoms with van der Waals surface area (Å²) in [6, 6.07) is 0. The lowest BCUT2D eigenvalue weighted by atomic mass is 10.4. The van der Waals surface area contributed by atoms with Crippen molar-refractivity contribution in [3.8, 4) is 0 Å². The molecule has 0 heteroatoms. The van der Waals surface area contributed by atoms with Gasteiger partial charge in [0.25, 0.3) is 0 Å². The van der Waals surface area contributed by atoms with E-state index >= 15 is 0 Å². The first-order valence-corrected chi connectivity index (χ1v) is 2.09. The minimum Gasteiger partial charge on any atom is -0.0912 e. The van der Waals surface area contributed by atoms with Gasteiger partial charge in [-0.3, -0.25) is 0 Å². The van der Waals surface area contributed by atoms with Crippen molar-refractivity contribution in [3.63, 3.8) is 0 Å². The summed E-state index contributed by atoms with van der Waals surface area (Å²) in [5.74, 6) is 0. The standard InChI is InChI=1S/C6H9/c1-3-5-6-4-2/h5-6H,1,4H2,2H3. The van der Waals surface area contributed by atoms with Gasteiger partial charge in [0.15, 0.2) is 0 Å². The summed E-state index contributed by atoms with van der Waals surface area (Å²) in [5, 5.41) is 0. The van der Waals surface area contributed by atoms with Crippen LogP contribution in [0.15, 0.2) is 18.7 Å². The van der Waals surface area contributed by atoms with E-state index in [1.807, 2.05) is 12.2 Å². The normalized spacial score (nSPS) is 9.50. The van der Waals surface area contributed by atoms with Gasteiger partial charge in [0, 0.05) is 0 Å². The van der Waals surface area contributed by atoms with Gasteiger partial charge in [0.1, 0.15) is 0 Å². The van der Waals surface area contributed by atoms with Crippen LogP contribution in [0.3, 0.4) is 0 Å². The molecule has 0 aromatic rings. The van der Waals surface area contributed by atoms with Gasteiger partial charge in [-0.2, -0.15) is 0 Å². The third kappa shape index (κ3) is 3.48. The zero-order valence-electron chi connectivity index (χ0n) is 4.07. The minimum absolute atomic E-state index is 1.07. The lowest BCUT2D eigenvalue weighted by Gasteiger charge is -1.67. The number of rotatable bonds is 2. The summed E-state index contributed by atoms with van der Waals surface area (Å²) in [6.07, 6.45) is 7.54. The van der Waals surface area contributed by atoms with Crippen LogP contribution in [0.5, 0.6) is 0 Å². The molecule has 0 aliphatic heterocycles. The van der Waals surface area contributed by atoms with E-state index in [-0.39, 0.29) is 0 Å². The molecule has 0 unspecified atom stereocenters. The van der Waals surface area contributed by atoms with E-state index in [1.54, 1.807) is 0 Å². The summed E-state index contributed by atoms with van der Waals surface area (Å²) in [7, 11) is 0. The molecule has 0 amide bonds. The number of hydrogen-bond acceptors (Lipinski definition) is 0. The van der Waals surface area contributed by atoms with Crippen LogP contribution in [0.25, 0.3) is 0 Å². The average molecular weight is 81.1 g/mol. The first-order chi connectivity index (χ1) is 2.91. The van der Waals surface area contributed by atoms with E-state index in [2.05, 4.69) is 19.6 Å². The molecule has 0 aliphatic rings. The fourth-order valence-corrected chi connectivity index (χ4v) is 0.201. The van der Waals surface area contributed by atoms with E-state index in [0.29, 0.717) is 0 Å². The molecule has 0 saturated heterocycles. The Morgan fingerprint density at radius 2 is 2.50 bits per heavy atom. The molecule has 0 heterocycles. The highest BCUT2D eigenvalue weighted by atomic mass is 13.6. The lowest BCUT2D eigenvalue weighted by Crippen LogP contribution is -1.47. The molecule has 6 heavy (non-hydrogen) atoms. The van der Waals surface area contributed by atoms with Gasteiger partial charge in [-0.25, -0.2) is 0 Å². The zero-order chi connectivity index (χ0) is 4.83. The van der Waals surface area contributed by atoms with Crippen molar-refractivity contribution in [1.82, 2.24) is 0 Å². The second kappa shape index (κ2) is 4.48. The van der Waals surface area contributed by atoms with Crippen molar-refractivity contribution in [3.05, 3.63) is 24.8 Å². The highest BCUT2D eigenvalue weighted by molar-refractivity contribution is 4.88. The monoisotopic (exact) mass is 81.1 g/mol. The fourth-order valence-electron chi connectivity index (χ4n) is 0.201. The Hall–Kier alpha value is -0.520. The van der Waals surface area contributed by atoms with Gasteiger partial charge in [0.2, 0.25) is 0 Å². The molecule has 33 valence electrons. The molecule has 0 N–H and O–H groups in total. The molecule has 1 radical (unpaired) electrons. The van der Waals surface area contributed by atoms with Gasteiger partial charge >= 0.3 is 0 Å². The molecule has 0 aromatic heterocycles. The van der Waals surface area contributed by atoms with Crippen molar-refractivity contribution in [2.75, 3.05) is 0 Å². The first-order valence-electron chi connectivity index (χ1n) is 2.09. The maximum absolute atomic E-state index is 3.39. The molecule has 0 rings (SSSR count). The van der Waals surface area contributed by atoms with Gasteiger partial charge in [-0.15, -0.1) is 0 Å². The SMILES string of the molecule is C=[C]C=CCC. The van der Waals surface area contributed by atoms with E-state index in [4.69, 9.17) is 0 Å². The highest BCUT2D eigenvalue weighted by Crippen LogP contribution is 1.75. The molecule has 0 bridgehead atoms. The summed E-state index contributed by atoms with van der Waals surface area (Å²) in [4.78, 5) is 0. The summed E-state index contributed by atoms with van der Waals surface area (Å²) < 4.78 is 0. The second-order valence-electron chi connectivity index (χ2n) is 1.01. The zero-order valence-corrected chi connectivity index (χ0v) is 4.07. The second-order valence-corrected chi connectivity index (χ2v) is 1.01. The Bertz CT molecular complexity index is 51.1. The van der Waals surface area contributed by atoms with Gasteiger partial charge in [-0.1, -0.05) is 25.7 Å². The van der Waals surface area contributed by atoms with Crippen LogP contribution in [-0.4, -0.2) is 0 Å². The van der Waals surface area contributed by atoms with Crippen LogP contribution in [0.2, 0.25) is 0 Å². The van der Waals surface area contributed by atoms with E-state index in [9.17, 15) is 0 Å². The van der Waals surface area contributed by atoms with Crippen LogP contribution < -0.4 is 0 Å². The van der Waals surface area contributed by atoms with Gasteiger partial charge in [-0.05, 0) is 12.5 Å². The molecule has 0 atom stereocenters. The summed E-state index contributed by atoms with van der Waals surface area (Å²) >= 11 is 0. The van der Waals surface area contributed by atoms with Gasteiger partial charge in [0.05, 0.1) is 0 Å². The quantitative estimate of drug-likeness (QED) is 0.445.